The quantitative estimate of drug-likeness (QED) is 0.490. The lowest BCUT2D eigenvalue weighted by atomic mass is 9.81. The van der Waals surface area contributed by atoms with Gasteiger partial charge in [0.2, 0.25) is 0 Å². The first-order valence-corrected chi connectivity index (χ1v) is 9.51. The monoisotopic (exact) mass is 351 g/mol. The summed E-state index contributed by atoms with van der Waals surface area (Å²) >= 11 is 0. The fraction of sp³-hybridized carbons (Fsp3) is 0.192. The molecule has 1 aliphatic rings. The Morgan fingerprint density at radius 2 is 1.30 bits per heavy atom. The van der Waals surface area contributed by atoms with Crippen LogP contribution in [0.5, 0.6) is 0 Å². The molecule has 0 saturated carbocycles. The fourth-order valence-electron chi connectivity index (χ4n) is 4.37. The molecule has 0 bridgehead atoms. The van der Waals surface area contributed by atoms with Gasteiger partial charge in [-0.05, 0) is 55.2 Å². The van der Waals surface area contributed by atoms with Crippen molar-refractivity contribution in [1.82, 2.24) is 0 Å². The second-order valence-electron chi connectivity index (χ2n) is 7.54. The highest BCUT2D eigenvalue weighted by Gasteiger charge is 2.29. The Bertz CT molecular complexity index is 1090. The van der Waals surface area contributed by atoms with Gasteiger partial charge in [-0.25, -0.2) is 0 Å². The molecule has 0 amide bonds. The van der Waals surface area contributed by atoms with E-state index in [0.29, 0.717) is 5.71 Å². The van der Waals surface area contributed by atoms with Crippen LogP contribution in [0.1, 0.15) is 50.3 Å². The molecule has 1 nitrogen and oxygen atoms in total. The van der Waals surface area contributed by atoms with Crippen molar-refractivity contribution in [3.05, 3.63) is 106 Å². The maximum absolute atomic E-state index is 9.06. The Kier molecular flexibility index (Phi) is 4.31. The van der Waals surface area contributed by atoms with E-state index in [-0.39, 0.29) is 5.92 Å². The smallest absolute Gasteiger partial charge is 0.0693 e. The van der Waals surface area contributed by atoms with Crippen LogP contribution in [0.15, 0.2) is 89.0 Å². The summed E-state index contributed by atoms with van der Waals surface area (Å²) in [6.45, 7) is 8.92. The molecule has 0 heterocycles. The molecular formula is C26H25N. The van der Waals surface area contributed by atoms with Gasteiger partial charge in [0.15, 0.2) is 0 Å². The summed E-state index contributed by atoms with van der Waals surface area (Å²) in [5.74, 6) is 0.258. The van der Waals surface area contributed by atoms with E-state index in [1.165, 1.54) is 33.2 Å². The normalized spacial score (nSPS) is 15.1. The topological polar surface area (TPSA) is 23.9 Å². The first-order valence-electron chi connectivity index (χ1n) is 9.51. The van der Waals surface area contributed by atoms with Gasteiger partial charge in [-0.3, -0.25) is 5.41 Å². The van der Waals surface area contributed by atoms with Gasteiger partial charge in [-0.15, -0.1) is 0 Å². The first kappa shape index (κ1) is 17.5. The molecule has 1 aliphatic carbocycles. The molecule has 0 radical (unpaired) electrons. The molecule has 4 rings (SSSR count). The van der Waals surface area contributed by atoms with Gasteiger partial charge in [0.25, 0.3) is 0 Å². The molecule has 0 unspecified atom stereocenters. The van der Waals surface area contributed by atoms with E-state index in [0.717, 1.165) is 16.5 Å². The van der Waals surface area contributed by atoms with E-state index < -0.39 is 0 Å². The number of nitrogens with one attached hydrogen (secondary N) is 1. The lowest BCUT2D eigenvalue weighted by Gasteiger charge is -2.22. The second kappa shape index (κ2) is 6.66. The summed E-state index contributed by atoms with van der Waals surface area (Å²) in [6.07, 6.45) is 0. The zero-order valence-corrected chi connectivity index (χ0v) is 16.4. The zero-order chi connectivity index (χ0) is 19.1. The highest BCUT2D eigenvalue weighted by molar-refractivity contribution is 6.19. The third-order valence-corrected chi connectivity index (χ3v) is 6.20. The van der Waals surface area contributed by atoms with Gasteiger partial charge >= 0.3 is 0 Å². The van der Waals surface area contributed by atoms with E-state index >= 15 is 0 Å². The van der Waals surface area contributed by atoms with Crippen LogP contribution in [0.2, 0.25) is 0 Å². The summed E-state index contributed by atoms with van der Waals surface area (Å²) in [4.78, 5) is 0. The molecule has 27 heavy (non-hydrogen) atoms. The number of hydrogen-bond donors (Lipinski definition) is 1. The molecule has 0 aromatic heterocycles. The minimum atomic E-state index is 0.258. The van der Waals surface area contributed by atoms with Gasteiger partial charge in [0.05, 0.1) is 5.71 Å². The molecule has 3 aromatic carbocycles. The number of hydrogen-bond acceptors (Lipinski definition) is 1. The predicted octanol–water partition coefficient (Wildman–Crippen LogP) is 7.03. The maximum atomic E-state index is 9.06. The summed E-state index contributed by atoms with van der Waals surface area (Å²) in [5.41, 5.74) is 9.46. The Morgan fingerprint density at radius 3 is 1.96 bits per heavy atom. The van der Waals surface area contributed by atoms with E-state index in [9.17, 15) is 0 Å². The third kappa shape index (κ3) is 2.75. The molecule has 0 saturated heterocycles. The van der Waals surface area contributed by atoms with Crippen molar-refractivity contribution in [3.8, 4) is 0 Å². The van der Waals surface area contributed by atoms with Crippen LogP contribution in [-0.4, -0.2) is 5.71 Å². The molecule has 3 aromatic rings. The highest BCUT2D eigenvalue weighted by Crippen LogP contribution is 2.45. The Hall–Kier alpha value is -2.93. The number of benzene rings is 3. The number of fused-ring (bicyclic) bond motifs is 1. The first-order chi connectivity index (χ1) is 13.0. The van der Waals surface area contributed by atoms with Crippen molar-refractivity contribution in [3.63, 3.8) is 0 Å². The van der Waals surface area contributed by atoms with Crippen LogP contribution in [0.25, 0.3) is 10.8 Å². The fourth-order valence-corrected chi connectivity index (χ4v) is 4.37. The SMILES string of the molecule is CC1=C(C)C(c2ccc3ccccc3c2C(=N)c2ccccc2)C(C)=C1C. The molecular weight excluding hydrogens is 326 g/mol. The summed E-state index contributed by atoms with van der Waals surface area (Å²) in [7, 11) is 0. The third-order valence-electron chi connectivity index (χ3n) is 6.20. The summed E-state index contributed by atoms with van der Waals surface area (Å²) in [5, 5.41) is 11.4. The van der Waals surface area contributed by atoms with Gasteiger partial charge in [0.1, 0.15) is 0 Å². The Labute approximate surface area is 161 Å². The van der Waals surface area contributed by atoms with E-state index in [2.05, 4.69) is 64.1 Å². The number of rotatable bonds is 3. The van der Waals surface area contributed by atoms with Crippen molar-refractivity contribution in [1.29, 1.82) is 5.41 Å². The van der Waals surface area contributed by atoms with Gasteiger partial charge in [-0.2, -0.15) is 0 Å². The van der Waals surface area contributed by atoms with Crippen LogP contribution in [0.4, 0.5) is 0 Å². The van der Waals surface area contributed by atoms with Gasteiger partial charge in [0, 0.05) is 17.0 Å². The highest BCUT2D eigenvalue weighted by atomic mass is 14.4. The van der Waals surface area contributed by atoms with Crippen molar-refractivity contribution >= 4 is 16.5 Å². The molecule has 134 valence electrons. The average molecular weight is 351 g/mol. The number of allylic oxidation sites excluding steroid dienone is 4. The standard InChI is InChI=1S/C26H25N/c1-16-17(2)19(4)24(18(16)3)23-15-14-20-10-8-9-13-22(20)25(23)26(27)21-11-6-5-7-12-21/h5-15,24,27H,1-4H3. The lowest BCUT2D eigenvalue weighted by molar-refractivity contribution is 0.934. The minimum absolute atomic E-state index is 0.258. The Balaban J connectivity index is 2.02. The van der Waals surface area contributed by atoms with Crippen LogP contribution < -0.4 is 0 Å². The summed E-state index contributed by atoms with van der Waals surface area (Å²) < 4.78 is 0. The summed E-state index contributed by atoms with van der Waals surface area (Å²) in [6, 6.07) is 23.0. The molecule has 0 aliphatic heterocycles. The second-order valence-corrected chi connectivity index (χ2v) is 7.54. The van der Waals surface area contributed by atoms with Gasteiger partial charge in [-0.1, -0.05) is 77.9 Å². The van der Waals surface area contributed by atoms with Gasteiger partial charge < -0.3 is 0 Å². The Morgan fingerprint density at radius 1 is 0.704 bits per heavy atom. The van der Waals surface area contributed by atoms with E-state index in [4.69, 9.17) is 5.41 Å². The van der Waals surface area contributed by atoms with Crippen LogP contribution in [0, 0.1) is 5.41 Å². The average Bonchev–Trinajstić information content (AvgIpc) is 2.90. The minimum Gasteiger partial charge on any atom is -0.300 e. The largest absolute Gasteiger partial charge is 0.300 e. The maximum Gasteiger partial charge on any atom is 0.0693 e. The van der Waals surface area contributed by atoms with Crippen LogP contribution in [-0.2, 0) is 0 Å². The van der Waals surface area contributed by atoms with E-state index in [1.807, 2.05) is 30.3 Å². The predicted molar refractivity (Wildman–Crippen MR) is 116 cm³/mol. The van der Waals surface area contributed by atoms with E-state index in [1.54, 1.807) is 0 Å². The van der Waals surface area contributed by atoms with Crippen molar-refractivity contribution in [2.45, 2.75) is 33.6 Å². The van der Waals surface area contributed by atoms with Crippen LogP contribution >= 0.6 is 0 Å². The van der Waals surface area contributed by atoms with Crippen molar-refractivity contribution in [2.24, 2.45) is 0 Å². The molecule has 0 atom stereocenters. The molecule has 0 fully saturated rings. The van der Waals surface area contributed by atoms with Crippen LogP contribution in [0.3, 0.4) is 0 Å². The lowest BCUT2D eigenvalue weighted by Crippen LogP contribution is -2.11. The van der Waals surface area contributed by atoms with Crippen molar-refractivity contribution < 1.29 is 0 Å². The molecule has 1 N–H and O–H groups in total. The molecule has 0 spiro atoms. The zero-order valence-electron chi connectivity index (χ0n) is 16.4. The molecule has 1 heteroatoms. The van der Waals surface area contributed by atoms with Crippen molar-refractivity contribution in [2.75, 3.05) is 0 Å².